The van der Waals surface area contributed by atoms with Crippen LogP contribution in [0.25, 0.3) is 33.7 Å². The number of nitrogens with one attached hydrogen (secondary N) is 2. The van der Waals surface area contributed by atoms with Crippen molar-refractivity contribution in [1.29, 1.82) is 0 Å². The molecule has 0 spiro atoms. The Morgan fingerprint density at radius 1 is 0.974 bits per heavy atom. The Morgan fingerprint density at radius 2 is 1.74 bits per heavy atom. The average molecular weight is 550 g/mol. The molecule has 0 unspecified atom stereocenters. The molecule has 0 aliphatic rings. The summed E-state index contributed by atoms with van der Waals surface area (Å²) in [4.78, 5) is 31.2. The maximum Gasteiger partial charge on any atom is 0.418 e. The fraction of sp³-hybridized carbons (Fsp3) is 0.120. The van der Waals surface area contributed by atoms with Gasteiger partial charge < -0.3 is 14.7 Å². The van der Waals surface area contributed by atoms with Crippen molar-refractivity contribution >= 4 is 23.3 Å². The fourth-order valence-electron chi connectivity index (χ4n) is 4.02. The smallest absolute Gasteiger partial charge is 0.418 e. The van der Waals surface area contributed by atoms with E-state index in [2.05, 4.69) is 24.9 Å². The van der Waals surface area contributed by atoms with Crippen LogP contribution in [0.1, 0.15) is 16.7 Å². The van der Waals surface area contributed by atoms with Gasteiger partial charge in [-0.05, 0) is 37.6 Å². The SMILES string of the molecule is Cc1c(Oc2ncc(C(F)(F)F)c(C)c2-c2cc(=O)c3c(-c4ncc[nH]4)nccc3[nH]2)ccc(F)c1F.Cl. The van der Waals surface area contributed by atoms with Gasteiger partial charge in [0.1, 0.15) is 11.4 Å². The van der Waals surface area contributed by atoms with Crippen molar-refractivity contribution in [2.45, 2.75) is 20.0 Å². The normalized spacial score (nSPS) is 11.4. The largest absolute Gasteiger partial charge is 0.438 e. The molecule has 5 rings (SSSR count). The lowest BCUT2D eigenvalue weighted by Gasteiger charge is -2.18. The summed E-state index contributed by atoms with van der Waals surface area (Å²) >= 11 is 0. The average Bonchev–Trinajstić information content (AvgIpc) is 3.38. The van der Waals surface area contributed by atoms with E-state index < -0.39 is 28.8 Å². The van der Waals surface area contributed by atoms with Crippen LogP contribution in [0.3, 0.4) is 0 Å². The zero-order valence-corrected chi connectivity index (χ0v) is 20.4. The number of H-pyrrole nitrogens is 2. The molecule has 2 N–H and O–H groups in total. The van der Waals surface area contributed by atoms with Gasteiger partial charge in [-0.2, -0.15) is 13.2 Å². The summed E-state index contributed by atoms with van der Waals surface area (Å²) in [5.41, 5.74) is -1.76. The monoisotopic (exact) mass is 549 g/mol. The van der Waals surface area contributed by atoms with Crippen LogP contribution in [0.5, 0.6) is 11.6 Å². The molecule has 0 bridgehead atoms. The number of alkyl halides is 3. The van der Waals surface area contributed by atoms with Crippen LogP contribution < -0.4 is 10.2 Å². The molecular formula is C25H17ClF5N5O2. The Kier molecular flexibility index (Phi) is 6.94. The first-order valence-corrected chi connectivity index (χ1v) is 10.8. The molecule has 13 heteroatoms. The third-order valence-corrected chi connectivity index (χ3v) is 5.84. The van der Waals surface area contributed by atoms with Gasteiger partial charge in [0.15, 0.2) is 22.9 Å². The van der Waals surface area contributed by atoms with E-state index >= 15 is 0 Å². The van der Waals surface area contributed by atoms with E-state index in [9.17, 15) is 26.7 Å². The molecule has 38 heavy (non-hydrogen) atoms. The van der Waals surface area contributed by atoms with Crippen molar-refractivity contribution in [3.8, 4) is 34.4 Å². The number of aromatic nitrogens is 5. The Morgan fingerprint density at radius 3 is 2.42 bits per heavy atom. The Labute approximate surface area is 217 Å². The van der Waals surface area contributed by atoms with E-state index in [1.165, 1.54) is 32.3 Å². The first kappa shape index (κ1) is 26.7. The number of aromatic amines is 2. The third kappa shape index (κ3) is 4.58. The minimum absolute atomic E-state index is 0. The van der Waals surface area contributed by atoms with Gasteiger partial charge in [-0.1, -0.05) is 0 Å². The van der Waals surface area contributed by atoms with Gasteiger partial charge in [-0.25, -0.2) is 18.7 Å². The van der Waals surface area contributed by atoms with Crippen molar-refractivity contribution < 1.29 is 26.7 Å². The summed E-state index contributed by atoms with van der Waals surface area (Å²) in [7, 11) is 0. The van der Waals surface area contributed by atoms with Crippen LogP contribution in [-0.4, -0.2) is 24.9 Å². The third-order valence-electron chi connectivity index (χ3n) is 5.84. The van der Waals surface area contributed by atoms with E-state index in [0.29, 0.717) is 12.0 Å². The van der Waals surface area contributed by atoms with E-state index in [4.69, 9.17) is 4.74 Å². The molecule has 7 nitrogen and oxygen atoms in total. The lowest BCUT2D eigenvalue weighted by atomic mass is 10.0. The summed E-state index contributed by atoms with van der Waals surface area (Å²) in [5, 5.41) is 0.165. The first-order valence-electron chi connectivity index (χ1n) is 10.8. The zero-order valence-electron chi connectivity index (χ0n) is 19.6. The summed E-state index contributed by atoms with van der Waals surface area (Å²) in [6, 6.07) is 4.56. The second kappa shape index (κ2) is 9.86. The Balaban J connectivity index is 0.00000336. The highest BCUT2D eigenvalue weighted by Gasteiger charge is 2.35. The molecule has 5 aromatic rings. The molecule has 0 radical (unpaired) electrons. The number of pyridine rings is 3. The molecule has 0 saturated heterocycles. The summed E-state index contributed by atoms with van der Waals surface area (Å²) in [6.45, 7) is 2.46. The lowest BCUT2D eigenvalue weighted by Crippen LogP contribution is -2.12. The number of nitrogens with zero attached hydrogens (tertiary/aromatic N) is 3. The van der Waals surface area contributed by atoms with Crippen molar-refractivity contribution in [1.82, 2.24) is 24.9 Å². The zero-order chi connectivity index (χ0) is 26.5. The summed E-state index contributed by atoms with van der Waals surface area (Å²) in [5.74, 6) is -2.44. The molecule has 0 amide bonds. The van der Waals surface area contributed by atoms with Gasteiger partial charge in [-0.15, -0.1) is 12.4 Å². The highest BCUT2D eigenvalue weighted by Crippen LogP contribution is 2.41. The maximum absolute atomic E-state index is 14.1. The van der Waals surface area contributed by atoms with Gasteiger partial charge in [0.2, 0.25) is 5.88 Å². The van der Waals surface area contributed by atoms with Crippen LogP contribution in [0.15, 0.2) is 53.8 Å². The standard InChI is InChI=1S/C25H16F5N5O2.ClH/c1-11-13(25(28,29)30)10-34-24(37-18-4-3-14(26)21(27)12(18)2)19(11)16-9-17(36)20-15(35-16)5-6-31-22(20)23-32-7-8-33-23;/h3-10H,1-2H3,(H,32,33)(H,35,36);1H. The van der Waals surface area contributed by atoms with Crippen LogP contribution in [0.4, 0.5) is 22.0 Å². The Hall–Kier alpha value is -4.32. The van der Waals surface area contributed by atoms with Gasteiger partial charge in [-0.3, -0.25) is 9.78 Å². The predicted octanol–water partition coefficient (Wildman–Crippen LogP) is 6.50. The van der Waals surface area contributed by atoms with E-state index in [1.807, 2.05) is 0 Å². The summed E-state index contributed by atoms with van der Waals surface area (Å²) in [6.07, 6.45) is 0.288. The van der Waals surface area contributed by atoms with Gasteiger partial charge in [0.25, 0.3) is 0 Å². The van der Waals surface area contributed by atoms with E-state index in [-0.39, 0.29) is 63.0 Å². The predicted molar refractivity (Wildman–Crippen MR) is 131 cm³/mol. The first-order chi connectivity index (χ1) is 17.6. The molecule has 4 heterocycles. The maximum atomic E-state index is 14.1. The second-order valence-electron chi connectivity index (χ2n) is 8.13. The van der Waals surface area contributed by atoms with E-state index in [0.717, 1.165) is 18.2 Å². The van der Waals surface area contributed by atoms with Gasteiger partial charge >= 0.3 is 6.18 Å². The number of ether oxygens (including phenoxy) is 1. The molecule has 0 saturated carbocycles. The van der Waals surface area contributed by atoms with Crippen molar-refractivity contribution in [3.63, 3.8) is 0 Å². The number of rotatable bonds is 4. The molecular weight excluding hydrogens is 533 g/mol. The molecule has 196 valence electrons. The Bertz CT molecular complexity index is 1720. The molecule has 0 fully saturated rings. The molecule has 0 aliphatic heterocycles. The highest BCUT2D eigenvalue weighted by atomic mass is 35.5. The van der Waals surface area contributed by atoms with Crippen molar-refractivity contribution in [2.24, 2.45) is 0 Å². The second-order valence-corrected chi connectivity index (χ2v) is 8.13. The number of benzene rings is 1. The van der Waals surface area contributed by atoms with Crippen LogP contribution in [0.2, 0.25) is 0 Å². The van der Waals surface area contributed by atoms with Gasteiger partial charge in [0.05, 0.1) is 27.7 Å². The number of imidazole rings is 1. The molecule has 0 aliphatic carbocycles. The van der Waals surface area contributed by atoms with E-state index in [1.54, 1.807) is 6.20 Å². The topological polar surface area (TPSA) is 96.6 Å². The summed E-state index contributed by atoms with van der Waals surface area (Å²) < 4.78 is 74.6. The number of hydrogen-bond acceptors (Lipinski definition) is 5. The van der Waals surface area contributed by atoms with Gasteiger partial charge in [0, 0.05) is 36.4 Å². The van der Waals surface area contributed by atoms with Crippen LogP contribution >= 0.6 is 12.4 Å². The van der Waals surface area contributed by atoms with Crippen LogP contribution in [-0.2, 0) is 6.18 Å². The number of halogens is 6. The van der Waals surface area contributed by atoms with Crippen molar-refractivity contribution in [3.05, 3.63) is 87.6 Å². The lowest BCUT2D eigenvalue weighted by molar-refractivity contribution is -0.138. The minimum atomic E-state index is -4.75. The fourth-order valence-corrected chi connectivity index (χ4v) is 4.02. The molecule has 1 aromatic carbocycles. The minimum Gasteiger partial charge on any atom is -0.438 e. The van der Waals surface area contributed by atoms with Crippen molar-refractivity contribution in [2.75, 3.05) is 0 Å². The van der Waals surface area contributed by atoms with Crippen LogP contribution in [0, 0.1) is 25.5 Å². The highest BCUT2D eigenvalue weighted by molar-refractivity contribution is 5.92. The molecule has 0 atom stereocenters. The number of hydrogen-bond donors (Lipinski definition) is 2. The number of fused-ring (bicyclic) bond motifs is 1. The quantitative estimate of drug-likeness (QED) is 0.249. The molecule has 4 aromatic heterocycles.